The topological polar surface area (TPSA) is 74.9 Å². The van der Waals surface area contributed by atoms with Crippen LogP contribution in [0.15, 0.2) is 11.1 Å². The Balaban J connectivity index is 1.35. The first-order valence-corrected chi connectivity index (χ1v) is 16.6. The molecule has 3 saturated carbocycles. The second-order valence-electron chi connectivity index (χ2n) is 13.6. The van der Waals surface area contributed by atoms with E-state index >= 15 is 0 Å². The van der Waals surface area contributed by atoms with E-state index in [4.69, 9.17) is 14.2 Å². The maximum absolute atomic E-state index is 13.4. The molecule has 0 radical (unpaired) electrons. The van der Waals surface area contributed by atoms with E-state index in [1.54, 1.807) is 0 Å². The maximum atomic E-state index is 13.4. The van der Waals surface area contributed by atoms with E-state index in [1.807, 2.05) is 0 Å². The lowest BCUT2D eigenvalue weighted by Gasteiger charge is -2.33. The smallest absolute Gasteiger partial charge is 0.331 e. The summed E-state index contributed by atoms with van der Waals surface area (Å²) in [6.45, 7) is 0. The van der Waals surface area contributed by atoms with Crippen molar-refractivity contribution in [2.75, 3.05) is 0 Å². The lowest BCUT2D eigenvalue weighted by atomic mass is 9.71. The molecule has 0 spiro atoms. The minimum absolute atomic E-state index is 0.119. The Kier molecular flexibility index (Phi) is 9.13. The highest BCUT2D eigenvalue weighted by molar-refractivity contribution is 5.88. The lowest BCUT2D eigenvalue weighted by molar-refractivity contribution is -0.133. The van der Waals surface area contributed by atoms with Gasteiger partial charge in [0.05, 0.1) is 36.6 Å². The zero-order valence-electron chi connectivity index (χ0n) is 23.6. The van der Waals surface area contributed by atoms with Gasteiger partial charge in [-0.25, -0.2) is 4.79 Å². The van der Waals surface area contributed by atoms with Gasteiger partial charge in [-0.05, 0) is 75.5 Å². The molecular formula is C33H52O5. The summed E-state index contributed by atoms with van der Waals surface area (Å²) in [6, 6.07) is 0. The van der Waals surface area contributed by atoms with E-state index in [-0.39, 0.29) is 12.0 Å². The van der Waals surface area contributed by atoms with Gasteiger partial charge in [0.2, 0.25) is 0 Å². The number of aliphatic carboxylic acids is 1. The number of rotatable bonds is 4. The number of carboxylic acid groups (broad SMARTS) is 1. The fourth-order valence-corrected chi connectivity index (χ4v) is 8.52. The molecule has 3 aliphatic carbocycles. The zero-order chi connectivity index (χ0) is 25.9. The van der Waals surface area contributed by atoms with E-state index in [0.29, 0.717) is 42.4 Å². The average Bonchev–Trinajstić information content (AvgIpc) is 3.81. The SMILES string of the molecule is O=C(O)C(=C(C1CCCCCCC2OC2C1)C1CCCCCCC2OC2C1)C1CCCCCCC2OC2C1. The van der Waals surface area contributed by atoms with Crippen LogP contribution in [-0.4, -0.2) is 47.7 Å². The van der Waals surface area contributed by atoms with Gasteiger partial charge in [-0.1, -0.05) is 82.6 Å². The third-order valence-corrected chi connectivity index (χ3v) is 10.8. The molecule has 0 bridgehead atoms. The van der Waals surface area contributed by atoms with Crippen molar-refractivity contribution in [3.8, 4) is 0 Å². The Bertz CT molecular complexity index is 799. The van der Waals surface area contributed by atoms with Crippen LogP contribution in [0.25, 0.3) is 0 Å². The van der Waals surface area contributed by atoms with Crippen molar-refractivity contribution >= 4 is 5.97 Å². The number of ether oxygens (including phenoxy) is 3. The van der Waals surface area contributed by atoms with Crippen LogP contribution in [0.4, 0.5) is 0 Å². The molecule has 3 heterocycles. The molecule has 3 saturated heterocycles. The van der Waals surface area contributed by atoms with Crippen LogP contribution in [0.3, 0.4) is 0 Å². The highest BCUT2D eigenvalue weighted by Gasteiger charge is 2.47. The Morgan fingerprint density at radius 1 is 0.447 bits per heavy atom. The second kappa shape index (κ2) is 12.7. The summed E-state index contributed by atoms with van der Waals surface area (Å²) in [6.07, 6.45) is 26.9. The van der Waals surface area contributed by atoms with Gasteiger partial charge in [0, 0.05) is 5.57 Å². The van der Waals surface area contributed by atoms with Crippen LogP contribution in [-0.2, 0) is 19.0 Å². The predicted octanol–water partition coefficient (Wildman–Crippen LogP) is 7.75. The standard InChI is InChI=1S/C33H52O5/c34-33(35)32(24-15-9-3-6-12-18-27-30(21-24)38-27)31(22-13-7-1-4-10-16-25-28(19-22)36-25)23-14-8-2-5-11-17-26-29(20-23)37-26/h22-30H,1-21H2,(H,34,35). The van der Waals surface area contributed by atoms with Crippen LogP contribution in [0.2, 0.25) is 0 Å². The van der Waals surface area contributed by atoms with Crippen molar-refractivity contribution in [2.45, 2.75) is 171 Å². The number of carboxylic acids is 1. The molecule has 3 aliphatic heterocycles. The van der Waals surface area contributed by atoms with Crippen molar-refractivity contribution in [1.82, 2.24) is 0 Å². The van der Waals surface area contributed by atoms with E-state index in [1.165, 1.54) is 89.0 Å². The zero-order valence-corrected chi connectivity index (χ0v) is 23.6. The quantitative estimate of drug-likeness (QED) is 0.298. The van der Waals surface area contributed by atoms with Crippen molar-refractivity contribution in [1.29, 1.82) is 0 Å². The molecule has 5 nitrogen and oxygen atoms in total. The van der Waals surface area contributed by atoms with Gasteiger partial charge < -0.3 is 19.3 Å². The minimum atomic E-state index is -0.644. The predicted molar refractivity (Wildman–Crippen MR) is 148 cm³/mol. The molecule has 9 unspecified atom stereocenters. The van der Waals surface area contributed by atoms with Gasteiger partial charge in [-0.15, -0.1) is 0 Å². The fraction of sp³-hybridized carbons (Fsp3) is 0.909. The van der Waals surface area contributed by atoms with E-state index in [9.17, 15) is 9.90 Å². The minimum Gasteiger partial charge on any atom is -0.478 e. The van der Waals surface area contributed by atoms with E-state index in [2.05, 4.69) is 0 Å². The number of fused-ring (bicyclic) bond motifs is 3. The number of hydrogen-bond donors (Lipinski definition) is 1. The maximum Gasteiger partial charge on any atom is 0.331 e. The number of allylic oxidation sites excluding steroid dienone is 1. The first-order chi connectivity index (χ1) is 18.7. The Morgan fingerprint density at radius 2 is 0.789 bits per heavy atom. The third kappa shape index (κ3) is 7.04. The van der Waals surface area contributed by atoms with E-state index in [0.717, 1.165) is 56.9 Å². The highest BCUT2D eigenvalue weighted by Crippen LogP contribution is 2.48. The molecule has 6 fully saturated rings. The molecule has 0 amide bonds. The molecule has 0 aromatic carbocycles. The van der Waals surface area contributed by atoms with Crippen LogP contribution in [0, 0.1) is 17.8 Å². The first kappa shape index (κ1) is 27.3. The molecule has 1 N–H and O–H groups in total. The number of hydrogen-bond acceptors (Lipinski definition) is 4. The monoisotopic (exact) mass is 528 g/mol. The van der Waals surface area contributed by atoms with Crippen LogP contribution in [0.5, 0.6) is 0 Å². The van der Waals surface area contributed by atoms with Crippen LogP contribution >= 0.6 is 0 Å². The summed E-state index contributed by atoms with van der Waals surface area (Å²) in [5.41, 5.74) is 2.14. The molecule has 5 heteroatoms. The normalized spacial score (nSPS) is 42.3. The van der Waals surface area contributed by atoms with Crippen molar-refractivity contribution in [3.63, 3.8) is 0 Å². The fourth-order valence-electron chi connectivity index (χ4n) is 8.52. The molecule has 214 valence electrons. The van der Waals surface area contributed by atoms with Crippen molar-refractivity contribution < 1.29 is 24.1 Å². The summed E-state index contributed by atoms with van der Waals surface area (Å²) in [4.78, 5) is 13.4. The van der Waals surface area contributed by atoms with Crippen molar-refractivity contribution in [2.24, 2.45) is 17.8 Å². The van der Waals surface area contributed by atoms with Gasteiger partial charge >= 0.3 is 5.97 Å². The molecule has 0 aromatic heterocycles. The number of carbonyl (C=O) groups is 1. The molecular weight excluding hydrogens is 476 g/mol. The Hall–Kier alpha value is -0.910. The molecule has 38 heavy (non-hydrogen) atoms. The van der Waals surface area contributed by atoms with Crippen LogP contribution < -0.4 is 0 Å². The van der Waals surface area contributed by atoms with Crippen LogP contribution in [0.1, 0.15) is 135 Å². The third-order valence-electron chi connectivity index (χ3n) is 10.8. The molecule has 0 aromatic rings. The average molecular weight is 529 g/mol. The first-order valence-electron chi connectivity index (χ1n) is 16.6. The highest BCUT2D eigenvalue weighted by atomic mass is 16.6. The lowest BCUT2D eigenvalue weighted by Crippen LogP contribution is -2.27. The molecule has 9 atom stereocenters. The Morgan fingerprint density at radius 3 is 1.18 bits per heavy atom. The largest absolute Gasteiger partial charge is 0.478 e. The molecule has 6 rings (SSSR count). The van der Waals surface area contributed by atoms with Crippen molar-refractivity contribution in [3.05, 3.63) is 11.1 Å². The van der Waals surface area contributed by atoms with Gasteiger partial charge in [0.1, 0.15) is 0 Å². The van der Waals surface area contributed by atoms with Gasteiger partial charge in [0.15, 0.2) is 0 Å². The number of epoxide rings is 3. The summed E-state index contributed by atoms with van der Waals surface area (Å²) in [5, 5.41) is 11.0. The summed E-state index contributed by atoms with van der Waals surface area (Å²) in [7, 11) is 0. The van der Waals surface area contributed by atoms with Gasteiger partial charge in [-0.2, -0.15) is 0 Å². The van der Waals surface area contributed by atoms with Gasteiger partial charge in [-0.3, -0.25) is 0 Å². The Labute approximate surface area is 230 Å². The summed E-state index contributed by atoms with van der Waals surface area (Å²) in [5.74, 6) is 0.152. The molecule has 6 aliphatic rings. The second-order valence-corrected chi connectivity index (χ2v) is 13.6. The summed E-state index contributed by atoms with van der Waals surface area (Å²) < 4.78 is 18.5. The summed E-state index contributed by atoms with van der Waals surface area (Å²) >= 11 is 0. The van der Waals surface area contributed by atoms with Gasteiger partial charge in [0.25, 0.3) is 0 Å². The van der Waals surface area contributed by atoms with E-state index < -0.39 is 5.97 Å².